The van der Waals surface area contributed by atoms with Crippen LogP contribution in [-0.4, -0.2) is 21.4 Å². The van der Waals surface area contributed by atoms with Crippen molar-refractivity contribution in [3.63, 3.8) is 0 Å². The summed E-state index contributed by atoms with van der Waals surface area (Å²) >= 11 is 13.4. The quantitative estimate of drug-likeness (QED) is 0.320. The highest BCUT2D eigenvalue weighted by Gasteiger charge is 2.16. The van der Waals surface area contributed by atoms with Crippen molar-refractivity contribution in [3.05, 3.63) is 62.8 Å². The molecule has 0 saturated heterocycles. The molecule has 0 unspecified atom stereocenters. The number of rotatable bonds is 5. The van der Waals surface area contributed by atoms with Crippen molar-refractivity contribution >= 4 is 58.5 Å². The van der Waals surface area contributed by atoms with Crippen LogP contribution in [0.25, 0.3) is 5.69 Å². The van der Waals surface area contributed by atoms with Gasteiger partial charge in [-0.25, -0.2) is 17.9 Å². The van der Waals surface area contributed by atoms with Crippen LogP contribution in [0.4, 0.5) is 18.9 Å². The van der Waals surface area contributed by atoms with Crippen molar-refractivity contribution in [1.82, 2.24) is 9.78 Å². The number of aromatic nitrogens is 2. The van der Waals surface area contributed by atoms with E-state index in [4.69, 9.17) is 23.8 Å². The number of carbonyl (C=O) groups is 1. The van der Waals surface area contributed by atoms with Crippen molar-refractivity contribution in [2.45, 2.75) is 4.34 Å². The first-order valence-corrected chi connectivity index (χ1v) is 9.86. The number of amides is 1. The highest BCUT2D eigenvalue weighted by atomic mass is 35.5. The van der Waals surface area contributed by atoms with E-state index in [1.165, 1.54) is 16.0 Å². The van der Waals surface area contributed by atoms with Crippen molar-refractivity contribution in [1.29, 1.82) is 0 Å². The average molecular weight is 448 g/mol. The van der Waals surface area contributed by atoms with E-state index in [0.717, 1.165) is 29.6 Å². The predicted molar refractivity (Wildman–Crippen MR) is 103 cm³/mol. The molecular weight excluding hydrogens is 439 g/mol. The van der Waals surface area contributed by atoms with Gasteiger partial charge < -0.3 is 5.32 Å². The number of benzene rings is 2. The van der Waals surface area contributed by atoms with Gasteiger partial charge in [-0.15, -0.1) is 5.10 Å². The number of nitrogens with one attached hydrogen (secondary N) is 1. The summed E-state index contributed by atoms with van der Waals surface area (Å²) in [6, 6.07) is 8.61. The number of hydrogen-bond acceptors (Lipinski definition) is 5. The Morgan fingerprint density at radius 3 is 2.59 bits per heavy atom. The van der Waals surface area contributed by atoms with E-state index in [0.29, 0.717) is 13.3 Å². The second kappa shape index (κ2) is 8.42. The fourth-order valence-electron chi connectivity index (χ4n) is 2.00. The molecule has 0 aliphatic heterocycles. The van der Waals surface area contributed by atoms with E-state index in [1.807, 2.05) is 0 Å². The molecule has 27 heavy (non-hydrogen) atoms. The number of halogens is 4. The van der Waals surface area contributed by atoms with Crippen LogP contribution in [0.1, 0.15) is 0 Å². The van der Waals surface area contributed by atoms with Crippen LogP contribution in [0, 0.1) is 21.4 Å². The summed E-state index contributed by atoms with van der Waals surface area (Å²) in [6.07, 6.45) is 0. The number of anilines is 1. The molecule has 1 N–H and O–H groups in total. The maximum absolute atomic E-state index is 13.6. The summed E-state index contributed by atoms with van der Waals surface area (Å²) in [5, 5.41) is 7.09. The van der Waals surface area contributed by atoms with Gasteiger partial charge in [0.05, 0.1) is 17.1 Å². The first-order valence-electron chi connectivity index (χ1n) is 7.27. The third-order valence-electron chi connectivity index (χ3n) is 3.24. The summed E-state index contributed by atoms with van der Waals surface area (Å²) in [5.41, 5.74) is 0.291. The average Bonchev–Trinajstić information content (AvgIpc) is 3.02. The summed E-state index contributed by atoms with van der Waals surface area (Å²) in [7, 11) is 0. The Morgan fingerprint density at radius 1 is 1.19 bits per heavy atom. The Hall–Kier alpha value is -1.88. The zero-order chi connectivity index (χ0) is 19.6. The van der Waals surface area contributed by atoms with Gasteiger partial charge in [0.2, 0.25) is 5.91 Å². The summed E-state index contributed by atoms with van der Waals surface area (Å²) in [4.78, 5) is 11.9. The van der Waals surface area contributed by atoms with Crippen LogP contribution >= 0.6 is 46.9 Å². The standard InChI is InChI=1S/C16H9ClF3N3OS3/c17-8-1-3-9(4-2-8)23-16(25)27-15(22-23)26-7-12(24)21-11-6-5-10(18)13(19)14(11)20/h1-6H,7H2,(H,21,24). The number of hydrogen-bond donors (Lipinski definition) is 1. The Bertz CT molecular complexity index is 1050. The zero-order valence-corrected chi connectivity index (χ0v) is 16.4. The minimum absolute atomic E-state index is 0.110. The first-order chi connectivity index (χ1) is 12.8. The molecular formula is C16H9ClF3N3OS3. The minimum Gasteiger partial charge on any atom is -0.323 e. The van der Waals surface area contributed by atoms with E-state index >= 15 is 0 Å². The Kier molecular flexibility index (Phi) is 6.20. The molecule has 1 aromatic heterocycles. The van der Waals surface area contributed by atoms with Crippen LogP contribution < -0.4 is 5.32 Å². The van der Waals surface area contributed by atoms with Gasteiger partial charge in [-0.3, -0.25) is 4.79 Å². The molecule has 0 saturated carbocycles. The second-order valence-electron chi connectivity index (χ2n) is 5.08. The molecule has 3 aromatic rings. The number of nitrogens with zero attached hydrogens (tertiary/aromatic N) is 2. The SMILES string of the molecule is O=C(CSc1nn(-c2ccc(Cl)cc2)c(=S)s1)Nc1ccc(F)c(F)c1F. The van der Waals surface area contributed by atoms with Crippen LogP contribution in [0.3, 0.4) is 0 Å². The van der Waals surface area contributed by atoms with Gasteiger partial charge in [0.15, 0.2) is 25.7 Å². The highest BCUT2D eigenvalue weighted by Crippen LogP contribution is 2.25. The van der Waals surface area contributed by atoms with Gasteiger partial charge >= 0.3 is 0 Å². The maximum atomic E-state index is 13.6. The lowest BCUT2D eigenvalue weighted by atomic mass is 10.3. The third-order valence-corrected chi connectivity index (χ3v) is 5.85. The van der Waals surface area contributed by atoms with E-state index in [9.17, 15) is 18.0 Å². The molecule has 1 heterocycles. The lowest BCUT2D eigenvalue weighted by Gasteiger charge is -2.06. The zero-order valence-electron chi connectivity index (χ0n) is 13.2. The van der Waals surface area contributed by atoms with E-state index < -0.39 is 29.0 Å². The van der Waals surface area contributed by atoms with Gasteiger partial charge in [-0.1, -0.05) is 34.7 Å². The van der Waals surface area contributed by atoms with Crippen LogP contribution in [0.5, 0.6) is 0 Å². The van der Waals surface area contributed by atoms with Crippen LogP contribution in [0.2, 0.25) is 5.02 Å². The molecule has 0 spiro atoms. The summed E-state index contributed by atoms with van der Waals surface area (Å²) in [5.74, 6) is -5.12. The predicted octanol–water partition coefficient (Wildman–Crippen LogP) is 5.46. The van der Waals surface area contributed by atoms with Gasteiger partial charge in [0.25, 0.3) is 0 Å². The Balaban J connectivity index is 1.66. The molecule has 0 radical (unpaired) electrons. The highest BCUT2D eigenvalue weighted by molar-refractivity contribution is 8.01. The van der Waals surface area contributed by atoms with Gasteiger partial charge in [0.1, 0.15) is 0 Å². The topological polar surface area (TPSA) is 46.9 Å². The van der Waals surface area contributed by atoms with Crippen molar-refractivity contribution in [2.75, 3.05) is 11.1 Å². The molecule has 3 rings (SSSR count). The molecule has 0 aliphatic carbocycles. The monoisotopic (exact) mass is 447 g/mol. The molecule has 2 aromatic carbocycles. The maximum Gasteiger partial charge on any atom is 0.234 e. The molecule has 1 amide bonds. The molecule has 4 nitrogen and oxygen atoms in total. The van der Waals surface area contributed by atoms with Gasteiger partial charge in [0, 0.05) is 5.02 Å². The number of thioether (sulfide) groups is 1. The fraction of sp³-hybridized carbons (Fsp3) is 0.0625. The van der Waals surface area contributed by atoms with Crippen molar-refractivity contribution in [3.8, 4) is 5.69 Å². The fourth-order valence-corrected chi connectivity index (χ4v) is 4.29. The van der Waals surface area contributed by atoms with Crippen molar-refractivity contribution in [2.24, 2.45) is 0 Å². The molecule has 0 bridgehead atoms. The Morgan fingerprint density at radius 2 is 1.89 bits per heavy atom. The summed E-state index contributed by atoms with van der Waals surface area (Å²) in [6.45, 7) is 0. The van der Waals surface area contributed by atoms with Crippen LogP contribution in [-0.2, 0) is 4.79 Å². The molecule has 11 heteroatoms. The Labute approximate surface area is 170 Å². The minimum atomic E-state index is -1.64. The first kappa shape index (κ1) is 19.9. The smallest absolute Gasteiger partial charge is 0.234 e. The van der Waals surface area contributed by atoms with Gasteiger partial charge in [-0.05, 0) is 48.6 Å². The largest absolute Gasteiger partial charge is 0.323 e. The molecule has 0 fully saturated rings. The van der Waals surface area contributed by atoms with E-state index in [-0.39, 0.29) is 5.75 Å². The number of carbonyl (C=O) groups excluding carboxylic acids is 1. The molecule has 0 atom stereocenters. The third kappa shape index (κ3) is 4.70. The second-order valence-corrected chi connectivity index (χ2v) is 8.36. The van der Waals surface area contributed by atoms with E-state index in [1.54, 1.807) is 24.3 Å². The lowest BCUT2D eigenvalue weighted by molar-refractivity contribution is -0.113. The molecule has 140 valence electrons. The normalized spacial score (nSPS) is 10.8. The van der Waals surface area contributed by atoms with E-state index in [2.05, 4.69) is 10.4 Å². The van der Waals surface area contributed by atoms with Crippen LogP contribution in [0.15, 0.2) is 40.7 Å². The lowest BCUT2D eigenvalue weighted by Crippen LogP contribution is -2.15. The van der Waals surface area contributed by atoms with Crippen molar-refractivity contribution < 1.29 is 18.0 Å². The molecule has 0 aliphatic rings. The van der Waals surface area contributed by atoms with Gasteiger partial charge in [-0.2, -0.15) is 0 Å². The summed E-state index contributed by atoms with van der Waals surface area (Å²) < 4.78 is 42.2.